The summed E-state index contributed by atoms with van der Waals surface area (Å²) in [5, 5.41) is 2.98. The first kappa shape index (κ1) is 13.9. The van der Waals surface area contributed by atoms with Crippen molar-refractivity contribution in [3.63, 3.8) is 0 Å². The monoisotopic (exact) mass is 244 g/mol. The van der Waals surface area contributed by atoms with Crippen LogP contribution in [0.15, 0.2) is 0 Å². The third-order valence-electron chi connectivity index (χ3n) is 2.55. The molecule has 1 rings (SSSR count). The zero-order valence-corrected chi connectivity index (χ0v) is 10.5. The lowest BCUT2D eigenvalue weighted by Crippen LogP contribution is -2.54. The molecule has 6 nitrogen and oxygen atoms in total. The molecule has 0 unspecified atom stereocenters. The standard InChI is InChI=1S/C11H20N2O4/c1-10(2,3)17-9(15)16-8(14)11(7-12)5-4-6-13-11/h13H,4-7,12H2,1-3H3/t11-/m0/s1. The van der Waals surface area contributed by atoms with Gasteiger partial charge in [0.2, 0.25) is 0 Å². The SMILES string of the molecule is CC(C)(C)OC(=O)OC(=O)[C@@]1(CN)CCCN1. The fraction of sp³-hybridized carbons (Fsp3) is 0.818. The average Bonchev–Trinajstić information content (AvgIpc) is 2.63. The van der Waals surface area contributed by atoms with Crippen molar-refractivity contribution in [3.8, 4) is 0 Å². The van der Waals surface area contributed by atoms with E-state index in [1.807, 2.05) is 0 Å². The summed E-state index contributed by atoms with van der Waals surface area (Å²) < 4.78 is 9.57. The first-order chi connectivity index (χ1) is 7.79. The smallest absolute Gasteiger partial charge is 0.428 e. The van der Waals surface area contributed by atoms with Gasteiger partial charge in [-0.1, -0.05) is 0 Å². The second-order valence-electron chi connectivity index (χ2n) is 5.17. The van der Waals surface area contributed by atoms with Gasteiger partial charge in [0, 0.05) is 6.54 Å². The van der Waals surface area contributed by atoms with Crippen LogP contribution < -0.4 is 11.1 Å². The topological polar surface area (TPSA) is 90.7 Å². The van der Waals surface area contributed by atoms with Crippen LogP contribution in [0.2, 0.25) is 0 Å². The van der Waals surface area contributed by atoms with Crippen molar-refractivity contribution in [2.24, 2.45) is 5.73 Å². The fourth-order valence-corrected chi connectivity index (χ4v) is 1.68. The van der Waals surface area contributed by atoms with Crippen LogP contribution >= 0.6 is 0 Å². The molecule has 3 N–H and O–H groups in total. The second-order valence-corrected chi connectivity index (χ2v) is 5.17. The minimum absolute atomic E-state index is 0.106. The predicted molar refractivity (Wildman–Crippen MR) is 61.3 cm³/mol. The number of esters is 1. The summed E-state index contributed by atoms with van der Waals surface area (Å²) in [6.45, 7) is 5.90. The summed E-state index contributed by atoms with van der Waals surface area (Å²) in [5.74, 6) is -0.660. The largest absolute Gasteiger partial charge is 0.516 e. The van der Waals surface area contributed by atoms with E-state index in [0.717, 1.165) is 6.42 Å². The molecule has 1 atom stereocenters. The predicted octanol–water partition coefficient (Wildman–Crippen LogP) is 0.546. The van der Waals surface area contributed by atoms with Crippen molar-refractivity contribution in [1.82, 2.24) is 5.32 Å². The van der Waals surface area contributed by atoms with Crippen LogP contribution in [0, 0.1) is 0 Å². The van der Waals surface area contributed by atoms with E-state index in [2.05, 4.69) is 10.1 Å². The van der Waals surface area contributed by atoms with E-state index in [1.54, 1.807) is 20.8 Å². The molecule has 0 aliphatic carbocycles. The van der Waals surface area contributed by atoms with Crippen molar-refractivity contribution >= 4 is 12.1 Å². The third-order valence-corrected chi connectivity index (χ3v) is 2.55. The molecule has 0 aromatic carbocycles. The van der Waals surface area contributed by atoms with Crippen molar-refractivity contribution < 1.29 is 19.1 Å². The number of nitrogens with one attached hydrogen (secondary N) is 1. The van der Waals surface area contributed by atoms with E-state index in [9.17, 15) is 9.59 Å². The fourth-order valence-electron chi connectivity index (χ4n) is 1.68. The Morgan fingerprint density at radius 1 is 1.41 bits per heavy atom. The third kappa shape index (κ3) is 3.67. The molecule has 1 saturated heterocycles. The average molecular weight is 244 g/mol. The number of carbonyl (C=O) groups is 2. The highest BCUT2D eigenvalue weighted by molar-refractivity contribution is 5.89. The zero-order chi connectivity index (χ0) is 13.1. The van der Waals surface area contributed by atoms with Gasteiger partial charge in [-0.15, -0.1) is 0 Å². The van der Waals surface area contributed by atoms with Crippen LogP contribution in [0.4, 0.5) is 4.79 Å². The minimum Gasteiger partial charge on any atom is -0.428 e. The van der Waals surface area contributed by atoms with Crippen LogP contribution in [0.25, 0.3) is 0 Å². The highest BCUT2D eigenvalue weighted by Crippen LogP contribution is 2.20. The Morgan fingerprint density at radius 3 is 2.47 bits per heavy atom. The van der Waals surface area contributed by atoms with Crippen molar-refractivity contribution in [3.05, 3.63) is 0 Å². The lowest BCUT2D eigenvalue weighted by Gasteiger charge is -2.25. The summed E-state index contributed by atoms with van der Waals surface area (Å²) >= 11 is 0. The Labute approximate surface area is 101 Å². The maximum Gasteiger partial charge on any atom is 0.516 e. The Bertz CT molecular complexity index is 303. The van der Waals surface area contributed by atoms with Gasteiger partial charge in [0.15, 0.2) is 0 Å². The van der Waals surface area contributed by atoms with Gasteiger partial charge in [0.25, 0.3) is 0 Å². The van der Waals surface area contributed by atoms with Crippen molar-refractivity contribution in [2.75, 3.05) is 13.1 Å². The Balaban J connectivity index is 2.56. The first-order valence-electron chi connectivity index (χ1n) is 5.69. The van der Waals surface area contributed by atoms with Gasteiger partial charge in [-0.2, -0.15) is 0 Å². The molecule has 1 aliphatic heterocycles. The number of carbonyl (C=O) groups excluding carboxylic acids is 2. The number of ether oxygens (including phenoxy) is 2. The maximum atomic E-state index is 11.8. The molecule has 6 heteroatoms. The second kappa shape index (κ2) is 5.01. The highest BCUT2D eigenvalue weighted by Gasteiger charge is 2.42. The van der Waals surface area contributed by atoms with E-state index >= 15 is 0 Å². The van der Waals surface area contributed by atoms with Gasteiger partial charge < -0.3 is 20.5 Å². The lowest BCUT2D eigenvalue weighted by atomic mass is 9.98. The van der Waals surface area contributed by atoms with Crippen molar-refractivity contribution in [1.29, 1.82) is 0 Å². The van der Waals surface area contributed by atoms with E-state index < -0.39 is 23.3 Å². The van der Waals surface area contributed by atoms with Gasteiger partial charge in [-0.3, -0.25) is 0 Å². The highest BCUT2D eigenvalue weighted by atomic mass is 16.7. The Hall–Kier alpha value is -1.14. The number of hydrogen-bond donors (Lipinski definition) is 2. The number of nitrogens with two attached hydrogens (primary N) is 1. The van der Waals surface area contributed by atoms with Crippen LogP contribution in [-0.4, -0.2) is 36.4 Å². The van der Waals surface area contributed by atoms with Gasteiger partial charge in [-0.25, -0.2) is 9.59 Å². The van der Waals surface area contributed by atoms with Gasteiger partial charge in [-0.05, 0) is 40.2 Å². The van der Waals surface area contributed by atoms with Crippen molar-refractivity contribution in [2.45, 2.75) is 44.8 Å². The number of rotatable bonds is 2. The summed E-state index contributed by atoms with van der Waals surface area (Å²) in [6, 6.07) is 0. The molecule has 98 valence electrons. The Kier molecular flexibility index (Phi) is 4.11. The van der Waals surface area contributed by atoms with E-state index in [0.29, 0.717) is 13.0 Å². The van der Waals surface area contributed by atoms with Crippen LogP contribution in [0.3, 0.4) is 0 Å². The Morgan fingerprint density at radius 2 is 2.06 bits per heavy atom. The molecular weight excluding hydrogens is 224 g/mol. The quantitative estimate of drug-likeness (QED) is 0.544. The molecule has 17 heavy (non-hydrogen) atoms. The number of hydrogen-bond acceptors (Lipinski definition) is 6. The molecule has 1 aliphatic rings. The molecule has 1 fully saturated rings. The van der Waals surface area contributed by atoms with E-state index in [-0.39, 0.29) is 6.54 Å². The molecule has 0 spiro atoms. The summed E-state index contributed by atoms with van der Waals surface area (Å²) in [4.78, 5) is 23.2. The molecule has 0 radical (unpaired) electrons. The maximum absolute atomic E-state index is 11.8. The molecule has 0 amide bonds. The minimum atomic E-state index is -0.982. The lowest BCUT2D eigenvalue weighted by molar-refractivity contribution is -0.148. The molecule has 1 heterocycles. The summed E-state index contributed by atoms with van der Waals surface area (Å²) in [6.07, 6.45) is 0.426. The summed E-state index contributed by atoms with van der Waals surface area (Å²) in [7, 11) is 0. The normalized spacial score (nSPS) is 24.5. The van der Waals surface area contributed by atoms with Gasteiger partial charge in [0.1, 0.15) is 11.1 Å². The molecule has 0 bridgehead atoms. The van der Waals surface area contributed by atoms with Gasteiger partial charge >= 0.3 is 12.1 Å². The summed E-state index contributed by atoms with van der Waals surface area (Å²) in [5.41, 5.74) is 3.94. The van der Waals surface area contributed by atoms with E-state index in [1.165, 1.54) is 0 Å². The molecule has 0 aromatic rings. The van der Waals surface area contributed by atoms with Crippen LogP contribution in [-0.2, 0) is 14.3 Å². The van der Waals surface area contributed by atoms with E-state index in [4.69, 9.17) is 10.5 Å². The van der Waals surface area contributed by atoms with Crippen LogP contribution in [0.1, 0.15) is 33.6 Å². The van der Waals surface area contributed by atoms with Gasteiger partial charge in [0.05, 0.1) is 0 Å². The molecule has 0 saturated carbocycles. The molecule has 0 aromatic heterocycles. The zero-order valence-electron chi connectivity index (χ0n) is 10.5. The van der Waals surface area contributed by atoms with Crippen LogP contribution in [0.5, 0.6) is 0 Å². The molecular formula is C11H20N2O4. The first-order valence-corrected chi connectivity index (χ1v) is 5.69.